The highest BCUT2D eigenvalue weighted by Gasteiger charge is 2.31. The number of carbonyl (C=O) groups is 2. The fourth-order valence-electron chi connectivity index (χ4n) is 2.86. The number of nitrogens with zero attached hydrogens (tertiary/aromatic N) is 1. The first-order valence-electron chi connectivity index (χ1n) is 9.57. The quantitative estimate of drug-likeness (QED) is 0.445. The number of hydrogen-bond acceptors (Lipinski definition) is 7. The molecule has 2 aromatic carbocycles. The summed E-state index contributed by atoms with van der Waals surface area (Å²) in [6.45, 7) is 0. The van der Waals surface area contributed by atoms with Crippen LogP contribution in [0.5, 0.6) is 28.7 Å². The molecule has 0 fully saturated rings. The standard InChI is InChI=1S/C22H17ClF3N3O6/c1-32-15-9-13(35-22(24,25)26)4-5-14(15)34-17-8-12(23)7-16(33-2)19(17)21(31)29-18-6-3-11(10-28-18)20(27)30/h3-10H,1-2H3,(H2,27,30)(H,28,29,31). The lowest BCUT2D eigenvalue weighted by Crippen LogP contribution is -2.17. The lowest BCUT2D eigenvalue weighted by atomic mass is 10.1. The molecule has 1 heterocycles. The van der Waals surface area contributed by atoms with E-state index in [2.05, 4.69) is 15.0 Å². The van der Waals surface area contributed by atoms with E-state index in [1.165, 1.54) is 50.7 Å². The molecule has 0 aliphatic carbocycles. The van der Waals surface area contributed by atoms with Crippen LogP contribution in [-0.4, -0.2) is 37.4 Å². The van der Waals surface area contributed by atoms with Gasteiger partial charge in [0.05, 0.1) is 19.8 Å². The molecule has 0 unspecified atom stereocenters. The van der Waals surface area contributed by atoms with Gasteiger partial charge < -0.3 is 30.0 Å². The van der Waals surface area contributed by atoms with Gasteiger partial charge in [-0.3, -0.25) is 9.59 Å². The number of nitrogens with two attached hydrogens (primary N) is 1. The third-order valence-corrected chi connectivity index (χ3v) is 4.57. The number of hydrogen-bond donors (Lipinski definition) is 2. The number of amides is 2. The highest BCUT2D eigenvalue weighted by Crippen LogP contribution is 2.40. The molecule has 3 aromatic rings. The van der Waals surface area contributed by atoms with Crippen molar-refractivity contribution in [3.8, 4) is 28.7 Å². The molecule has 0 saturated carbocycles. The van der Waals surface area contributed by atoms with E-state index in [-0.39, 0.29) is 45.0 Å². The maximum Gasteiger partial charge on any atom is 0.573 e. The lowest BCUT2D eigenvalue weighted by molar-refractivity contribution is -0.274. The van der Waals surface area contributed by atoms with E-state index in [1.54, 1.807) is 0 Å². The highest BCUT2D eigenvalue weighted by molar-refractivity contribution is 6.31. The van der Waals surface area contributed by atoms with E-state index in [1.807, 2.05) is 0 Å². The number of pyridine rings is 1. The van der Waals surface area contributed by atoms with Gasteiger partial charge in [0.15, 0.2) is 11.5 Å². The van der Waals surface area contributed by atoms with Crippen molar-refractivity contribution in [1.29, 1.82) is 0 Å². The van der Waals surface area contributed by atoms with E-state index in [0.717, 1.165) is 12.1 Å². The molecule has 184 valence electrons. The topological polar surface area (TPSA) is 122 Å². The molecule has 0 radical (unpaired) electrons. The Hall–Kier alpha value is -4.19. The van der Waals surface area contributed by atoms with Gasteiger partial charge >= 0.3 is 6.36 Å². The highest BCUT2D eigenvalue weighted by atomic mass is 35.5. The number of primary amides is 1. The number of nitrogens with one attached hydrogen (secondary N) is 1. The summed E-state index contributed by atoms with van der Waals surface area (Å²) < 4.78 is 57.6. The van der Waals surface area contributed by atoms with Crippen molar-refractivity contribution < 1.29 is 41.7 Å². The lowest BCUT2D eigenvalue weighted by Gasteiger charge is -2.17. The molecule has 35 heavy (non-hydrogen) atoms. The third kappa shape index (κ3) is 6.44. The smallest absolute Gasteiger partial charge is 0.496 e. The van der Waals surface area contributed by atoms with Crippen molar-refractivity contribution in [2.45, 2.75) is 6.36 Å². The van der Waals surface area contributed by atoms with Crippen LogP contribution in [0.1, 0.15) is 20.7 Å². The van der Waals surface area contributed by atoms with Gasteiger partial charge in [-0.15, -0.1) is 13.2 Å². The van der Waals surface area contributed by atoms with Gasteiger partial charge in [-0.1, -0.05) is 11.6 Å². The van der Waals surface area contributed by atoms with Crippen LogP contribution in [0.15, 0.2) is 48.7 Å². The summed E-state index contributed by atoms with van der Waals surface area (Å²) in [5.74, 6) is -2.05. The SMILES string of the molecule is COc1cc(OC(F)(F)F)ccc1Oc1cc(Cl)cc(OC)c1C(=O)Nc1ccc(C(N)=O)cn1. The number of aromatic nitrogens is 1. The molecule has 0 spiro atoms. The largest absolute Gasteiger partial charge is 0.573 e. The Morgan fingerprint density at radius 3 is 2.23 bits per heavy atom. The van der Waals surface area contributed by atoms with Crippen molar-refractivity contribution >= 4 is 29.2 Å². The number of rotatable bonds is 8. The maximum absolute atomic E-state index is 13.1. The molecule has 13 heteroatoms. The minimum absolute atomic E-state index is 0.0368. The molecule has 0 atom stereocenters. The van der Waals surface area contributed by atoms with E-state index >= 15 is 0 Å². The number of alkyl halides is 3. The molecule has 3 N–H and O–H groups in total. The van der Waals surface area contributed by atoms with Crippen LogP contribution in [0.4, 0.5) is 19.0 Å². The summed E-state index contributed by atoms with van der Waals surface area (Å²) in [5, 5.41) is 2.67. The number of benzene rings is 2. The molecule has 9 nitrogen and oxygen atoms in total. The van der Waals surface area contributed by atoms with E-state index in [9.17, 15) is 22.8 Å². The van der Waals surface area contributed by atoms with Gasteiger partial charge in [-0.2, -0.15) is 0 Å². The Morgan fingerprint density at radius 1 is 0.971 bits per heavy atom. The van der Waals surface area contributed by atoms with Gasteiger partial charge in [0.25, 0.3) is 5.91 Å². The van der Waals surface area contributed by atoms with Gasteiger partial charge in [0.1, 0.15) is 28.6 Å². The fraction of sp³-hybridized carbons (Fsp3) is 0.136. The van der Waals surface area contributed by atoms with Gasteiger partial charge in [-0.05, 0) is 30.3 Å². The zero-order chi connectivity index (χ0) is 25.8. The normalized spacial score (nSPS) is 10.9. The minimum Gasteiger partial charge on any atom is -0.496 e. The predicted molar refractivity (Wildman–Crippen MR) is 118 cm³/mol. The number of carbonyl (C=O) groups excluding carboxylic acids is 2. The summed E-state index contributed by atoms with van der Waals surface area (Å²) in [5.41, 5.74) is 5.22. The fourth-order valence-corrected chi connectivity index (χ4v) is 3.06. The summed E-state index contributed by atoms with van der Waals surface area (Å²) in [7, 11) is 2.52. The molecule has 3 rings (SSSR count). The molecule has 2 amide bonds. The Balaban J connectivity index is 1.96. The summed E-state index contributed by atoms with van der Waals surface area (Å²) >= 11 is 6.13. The van der Waals surface area contributed by atoms with Gasteiger partial charge in [0.2, 0.25) is 5.91 Å². The Bertz CT molecular complexity index is 1250. The van der Waals surface area contributed by atoms with Crippen LogP contribution < -0.4 is 30.0 Å². The van der Waals surface area contributed by atoms with Gasteiger partial charge in [-0.25, -0.2) is 4.98 Å². The molecule has 1 aromatic heterocycles. The molecule has 0 saturated heterocycles. The second-order valence-electron chi connectivity index (χ2n) is 6.69. The first-order valence-corrected chi connectivity index (χ1v) is 9.95. The molecular weight excluding hydrogens is 495 g/mol. The monoisotopic (exact) mass is 511 g/mol. The van der Waals surface area contributed by atoms with Crippen LogP contribution in [0.25, 0.3) is 0 Å². The Labute approximate surface area is 201 Å². The first-order chi connectivity index (χ1) is 16.5. The summed E-state index contributed by atoms with van der Waals surface area (Å²) in [6, 6.07) is 8.55. The van der Waals surface area contributed by atoms with Gasteiger partial charge in [0, 0.05) is 23.4 Å². The number of ether oxygens (including phenoxy) is 4. The zero-order valence-corrected chi connectivity index (χ0v) is 18.9. The summed E-state index contributed by atoms with van der Waals surface area (Å²) in [6.07, 6.45) is -3.72. The zero-order valence-electron chi connectivity index (χ0n) is 18.1. The Morgan fingerprint density at radius 2 is 1.66 bits per heavy atom. The first kappa shape index (κ1) is 25.4. The molecular formula is C22H17ClF3N3O6. The average molecular weight is 512 g/mol. The van der Waals surface area contributed by atoms with Crippen molar-refractivity contribution in [3.05, 3.63) is 64.8 Å². The predicted octanol–water partition coefficient (Wildman–Crippen LogP) is 4.79. The molecule has 0 bridgehead atoms. The Kier molecular flexibility index (Phi) is 7.55. The van der Waals surface area contributed by atoms with E-state index in [4.69, 9.17) is 31.5 Å². The van der Waals surface area contributed by atoms with Crippen LogP contribution in [0, 0.1) is 0 Å². The van der Waals surface area contributed by atoms with Crippen LogP contribution in [-0.2, 0) is 0 Å². The third-order valence-electron chi connectivity index (χ3n) is 4.36. The maximum atomic E-state index is 13.1. The van der Waals surface area contributed by atoms with Crippen molar-refractivity contribution in [2.24, 2.45) is 5.73 Å². The van der Waals surface area contributed by atoms with E-state index < -0.39 is 23.9 Å². The minimum atomic E-state index is -4.90. The van der Waals surface area contributed by atoms with Crippen molar-refractivity contribution in [3.63, 3.8) is 0 Å². The van der Waals surface area contributed by atoms with Crippen molar-refractivity contribution in [2.75, 3.05) is 19.5 Å². The van der Waals surface area contributed by atoms with Crippen LogP contribution >= 0.6 is 11.6 Å². The molecule has 0 aliphatic heterocycles. The second kappa shape index (κ2) is 10.4. The number of methoxy groups -OCH3 is 2. The van der Waals surface area contributed by atoms with E-state index in [0.29, 0.717) is 0 Å². The second-order valence-corrected chi connectivity index (χ2v) is 7.13. The van der Waals surface area contributed by atoms with Crippen LogP contribution in [0.2, 0.25) is 5.02 Å². The van der Waals surface area contributed by atoms with Crippen LogP contribution in [0.3, 0.4) is 0 Å². The molecule has 0 aliphatic rings. The number of anilines is 1. The van der Waals surface area contributed by atoms with Crippen molar-refractivity contribution in [1.82, 2.24) is 4.98 Å². The summed E-state index contributed by atoms with van der Waals surface area (Å²) in [4.78, 5) is 28.2. The average Bonchev–Trinajstić information content (AvgIpc) is 2.78. The number of halogens is 4.